The number of hydrogen-bond acceptors (Lipinski definition) is 5. The van der Waals surface area contributed by atoms with Crippen molar-refractivity contribution in [3.05, 3.63) is 33.0 Å². The van der Waals surface area contributed by atoms with Gasteiger partial charge in [0.05, 0.1) is 17.2 Å². The second-order valence-corrected chi connectivity index (χ2v) is 2.77. The number of rotatable bonds is 3. The molecule has 6 nitrogen and oxygen atoms in total. The van der Waals surface area contributed by atoms with Crippen LogP contribution in [0.25, 0.3) is 0 Å². The van der Waals surface area contributed by atoms with Gasteiger partial charge in [0.2, 0.25) is 5.69 Å². The van der Waals surface area contributed by atoms with Gasteiger partial charge >= 0.3 is 12.2 Å². The number of nitriles is 1. The summed E-state index contributed by atoms with van der Waals surface area (Å²) >= 11 is 0. The first kappa shape index (κ1) is 11.9. The molecule has 0 aliphatic carbocycles. The highest BCUT2D eigenvalue weighted by atomic mass is 19.3. The predicted octanol–water partition coefficient (Wildman–Crippen LogP) is 1.26. The van der Waals surface area contributed by atoms with Crippen LogP contribution in [0.2, 0.25) is 0 Å². The van der Waals surface area contributed by atoms with Gasteiger partial charge in [-0.3, -0.25) is 0 Å². The van der Waals surface area contributed by atoms with Gasteiger partial charge in [-0.15, -0.1) is 0 Å². The van der Waals surface area contributed by atoms with E-state index < -0.39 is 22.9 Å². The van der Waals surface area contributed by atoms with E-state index in [9.17, 15) is 18.9 Å². The van der Waals surface area contributed by atoms with Gasteiger partial charge in [0.25, 0.3) is 0 Å². The fourth-order valence-corrected chi connectivity index (χ4v) is 1.14. The maximum absolute atomic E-state index is 12.3. The van der Waals surface area contributed by atoms with Crippen LogP contribution in [0.5, 0.6) is 0 Å². The molecule has 0 aliphatic rings. The maximum atomic E-state index is 12.3. The average molecular weight is 228 g/mol. The molecule has 0 fully saturated rings. The summed E-state index contributed by atoms with van der Waals surface area (Å²) in [5.74, 6) is -0.795. The number of hydrogen-bond donors (Lipinski definition) is 1. The van der Waals surface area contributed by atoms with Gasteiger partial charge in [0.1, 0.15) is 0 Å². The van der Waals surface area contributed by atoms with Crippen molar-refractivity contribution in [3.63, 3.8) is 0 Å². The van der Waals surface area contributed by atoms with Gasteiger partial charge in [0.15, 0.2) is 0 Å². The third-order valence-electron chi connectivity index (χ3n) is 1.84. The summed E-state index contributed by atoms with van der Waals surface area (Å²) in [6.07, 6.45) is -2.97. The molecule has 0 aliphatic heterocycles. The fraction of sp³-hybridized carbons (Fsp3) is 0.250. The Kier molecular flexibility index (Phi) is 3.42. The van der Waals surface area contributed by atoms with Crippen LogP contribution in [0.4, 0.5) is 14.6 Å². The van der Waals surface area contributed by atoms with Crippen molar-refractivity contribution in [2.24, 2.45) is 5.73 Å². The van der Waals surface area contributed by atoms with Crippen LogP contribution < -0.4 is 5.73 Å². The van der Waals surface area contributed by atoms with E-state index >= 15 is 0 Å². The van der Waals surface area contributed by atoms with Gasteiger partial charge in [-0.25, -0.2) is 8.78 Å². The van der Waals surface area contributed by atoms with Crippen molar-refractivity contribution in [2.75, 3.05) is 0 Å². The normalized spacial score (nSPS) is 10.2. The molecular weight excluding hydrogens is 222 g/mol. The number of halogens is 2. The Labute approximate surface area is 88.5 Å². The van der Waals surface area contributed by atoms with E-state index in [1.54, 1.807) is 6.07 Å². The topological polar surface area (TPSA) is 106 Å². The first-order valence-electron chi connectivity index (χ1n) is 4.07. The largest absolute Gasteiger partial charge is 0.369 e. The van der Waals surface area contributed by atoms with E-state index in [1.807, 2.05) is 0 Å². The highest BCUT2D eigenvalue weighted by molar-refractivity contribution is 5.47. The van der Waals surface area contributed by atoms with Crippen LogP contribution >= 0.6 is 0 Å². The molecule has 0 aromatic carbocycles. The third kappa shape index (κ3) is 2.09. The van der Waals surface area contributed by atoms with E-state index in [2.05, 4.69) is 4.98 Å². The molecule has 0 bridgehead atoms. The number of nitrogens with zero attached hydrogens (tertiary/aromatic N) is 3. The summed E-state index contributed by atoms with van der Waals surface area (Å²) in [6.45, 7) is -0.310. The number of nitrogens with two attached hydrogens (primary N) is 1. The lowest BCUT2D eigenvalue weighted by molar-refractivity contribution is -0.390. The van der Waals surface area contributed by atoms with Crippen LogP contribution in [-0.2, 0) is 6.54 Å². The summed E-state index contributed by atoms with van der Waals surface area (Å²) in [5, 5.41) is 19.2. The number of aromatic nitrogens is 1. The molecule has 0 radical (unpaired) electrons. The van der Waals surface area contributed by atoms with E-state index in [1.165, 1.54) is 0 Å². The lowest BCUT2D eigenvalue weighted by atomic mass is 10.1. The molecule has 1 heterocycles. The fourth-order valence-electron chi connectivity index (χ4n) is 1.14. The molecule has 1 rings (SSSR count). The standard InChI is InChI=1S/C8H6F2N4O2/c9-7(10)6-1-4(2-11)5(3-12)8(13-6)14(15)16/h1,7H,3,12H2. The molecule has 8 heteroatoms. The van der Waals surface area contributed by atoms with Crippen molar-refractivity contribution in [1.29, 1.82) is 5.26 Å². The van der Waals surface area contributed by atoms with Crippen LogP contribution in [0.15, 0.2) is 6.07 Å². The Morgan fingerprint density at radius 2 is 2.31 bits per heavy atom. The second kappa shape index (κ2) is 4.59. The number of pyridine rings is 1. The monoisotopic (exact) mass is 228 g/mol. The van der Waals surface area contributed by atoms with E-state index in [0.717, 1.165) is 6.07 Å². The average Bonchev–Trinajstić information content (AvgIpc) is 2.26. The van der Waals surface area contributed by atoms with Crippen molar-refractivity contribution in [2.45, 2.75) is 13.0 Å². The SMILES string of the molecule is N#Cc1cc(C(F)F)nc([N+](=O)[O-])c1CN. The summed E-state index contributed by atoms with van der Waals surface area (Å²) in [4.78, 5) is 12.8. The quantitative estimate of drug-likeness (QED) is 0.619. The van der Waals surface area contributed by atoms with Crippen LogP contribution in [0.1, 0.15) is 23.2 Å². The third-order valence-corrected chi connectivity index (χ3v) is 1.84. The zero-order valence-corrected chi connectivity index (χ0v) is 7.85. The van der Waals surface area contributed by atoms with Crippen LogP contribution in [0, 0.1) is 21.4 Å². The van der Waals surface area contributed by atoms with Crippen molar-refractivity contribution in [3.8, 4) is 6.07 Å². The van der Waals surface area contributed by atoms with E-state index in [-0.39, 0.29) is 17.7 Å². The first-order chi connectivity index (χ1) is 7.51. The Hall–Kier alpha value is -2.14. The molecule has 1 aromatic heterocycles. The highest BCUT2D eigenvalue weighted by Crippen LogP contribution is 2.25. The molecule has 0 saturated heterocycles. The van der Waals surface area contributed by atoms with Gasteiger partial charge in [0, 0.05) is 12.6 Å². The van der Waals surface area contributed by atoms with Crippen molar-refractivity contribution < 1.29 is 13.7 Å². The molecule has 0 unspecified atom stereocenters. The van der Waals surface area contributed by atoms with Gasteiger partial charge < -0.3 is 15.8 Å². The summed E-state index contributed by atoms with van der Waals surface area (Å²) in [6, 6.07) is 2.38. The first-order valence-corrected chi connectivity index (χ1v) is 4.07. The minimum absolute atomic E-state index is 0.142. The molecule has 0 saturated carbocycles. The smallest absolute Gasteiger partial charge is 0.358 e. The van der Waals surface area contributed by atoms with E-state index in [0.29, 0.717) is 0 Å². The predicted molar refractivity (Wildman–Crippen MR) is 48.5 cm³/mol. The van der Waals surface area contributed by atoms with Crippen LogP contribution in [0.3, 0.4) is 0 Å². The zero-order chi connectivity index (χ0) is 12.3. The Bertz CT molecular complexity index is 470. The Balaban J connectivity index is 3.51. The van der Waals surface area contributed by atoms with Crippen molar-refractivity contribution >= 4 is 5.82 Å². The zero-order valence-electron chi connectivity index (χ0n) is 7.85. The molecular formula is C8H6F2N4O2. The molecule has 84 valence electrons. The Morgan fingerprint density at radius 3 is 2.69 bits per heavy atom. The minimum atomic E-state index is -2.97. The maximum Gasteiger partial charge on any atom is 0.369 e. The summed E-state index contributed by atoms with van der Waals surface area (Å²) in [7, 11) is 0. The molecule has 0 amide bonds. The number of alkyl halides is 2. The molecule has 16 heavy (non-hydrogen) atoms. The van der Waals surface area contributed by atoms with Crippen LogP contribution in [-0.4, -0.2) is 9.91 Å². The Morgan fingerprint density at radius 1 is 1.69 bits per heavy atom. The van der Waals surface area contributed by atoms with E-state index in [4.69, 9.17) is 11.0 Å². The highest BCUT2D eigenvalue weighted by Gasteiger charge is 2.25. The summed E-state index contributed by atoms with van der Waals surface area (Å²) < 4.78 is 24.7. The molecule has 0 spiro atoms. The van der Waals surface area contributed by atoms with Gasteiger partial charge in [-0.1, -0.05) is 0 Å². The molecule has 1 aromatic rings. The van der Waals surface area contributed by atoms with Gasteiger partial charge in [-0.05, 0) is 9.91 Å². The lowest BCUT2D eigenvalue weighted by Gasteiger charge is -2.03. The number of nitro groups is 1. The molecule has 2 N–H and O–H groups in total. The van der Waals surface area contributed by atoms with Crippen molar-refractivity contribution in [1.82, 2.24) is 4.98 Å². The lowest BCUT2D eigenvalue weighted by Crippen LogP contribution is -2.08. The van der Waals surface area contributed by atoms with Gasteiger partial charge in [-0.2, -0.15) is 5.26 Å². The summed E-state index contributed by atoms with van der Waals surface area (Å²) in [5.41, 5.74) is 4.01. The minimum Gasteiger partial charge on any atom is -0.358 e. The molecule has 0 atom stereocenters. The second-order valence-electron chi connectivity index (χ2n) is 2.77.